The van der Waals surface area contributed by atoms with Crippen molar-refractivity contribution in [2.75, 3.05) is 13.1 Å². The zero-order valence-electron chi connectivity index (χ0n) is 11.6. The van der Waals surface area contributed by atoms with Gasteiger partial charge in [-0.2, -0.15) is 0 Å². The van der Waals surface area contributed by atoms with Gasteiger partial charge in [-0.1, -0.05) is 12.1 Å². The van der Waals surface area contributed by atoms with Gasteiger partial charge in [0.1, 0.15) is 5.82 Å². The maximum absolute atomic E-state index is 13.0. The monoisotopic (exact) mass is 262 g/mol. The lowest BCUT2D eigenvalue weighted by Crippen LogP contribution is -2.40. The molecule has 1 saturated heterocycles. The average molecular weight is 262 g/mol. The quantitative estimate of drug-likeness (QED) is 0.901. The molecule has 3 heteroatoms. The molecule has 2 nitrogen and oxygen atoms in total. The summed E-state index contributed by atoms with van der Waals surface area (Å²) in [6.07, 6.45) is 3.97. The van der Waals surface area contributed by atoms with Crippen molar-refractivity contribution in [1.29, 1.82) is 0 Å². The first-order valence-corrected chi connectivity index (χ1v) is 7.44. The highest BCUT2D eigenvalue weighted by molar-refractivity contribution is 5.16. The van der Waals surface area contributed by atoms with Crippen molar-refractivity contribution in [2.45, 2.75) is 44.8 Å². The molecule has 1 aromatic rings. The van der Waals surface area contributed by atoms with E-state index in [1.807, 2.05) is 12.1 Å². The van der Waals surface area contributed by atoms with Gasteiger partial charge >= 0.3 is 0 Å². The molecular weight excluding hydrogens is 239 g/mol. The second-order valence-corrected chi connectivity index (χ2v) is 6.09. The molecule has 104 valence electrons. The normalized spacial score (nSPS) is 29.2. The lowest BCUT2D eigenvalue weighted by molar-refractivity contribution is 0.190. The summed E-state index contributed by atoms with van der Waals surface area (Å²) >= 11 is 0. The predicted molar refractivity (Wildman–Crippen MR) is 75.4 cm³/mol. The van der Waals surface area contributed by atoms with Crippen molar-refractivity contribution in [3.05, 3.63) is 35.6 Å². The van der Waals surface area contributed by atoms with Crippen LogP contribution in [-0.2, 0) is 6.54 Å². The topological polar surface area (TPSA) is 15.3 Å². The van der Waals surface area contributed by atoms with E-state index in [9.17, 15) is 4.39 Å². The molecule has 1 aliphatic carbocycles. The van der Waals surface area contributed by atoms with Crippen LogP contribution in [0.3, 0.4) is 0 Å². The molecule has 0 amide bonds. The van der Waals surface area contributed by atoms with Crippen LogP contribution in [0, 0.1) is 11.7 Å². The zero-order valence-corrected chi connectivity index (χ0v) is 11.6. The van der Waals surface area contributed by atoms with Crippen LogP contribution in [0.15, 0.2) is 24.3 Å². The summed E-state index contributed by atoms with van der Waals surface area (Å²) in [6.45, 7) is 5.50. The van der Waals surface area contributed by atoms with Gasteiger partial charge in [0.2, 0.25) is 0 Å². The number of hydrogen-bond acceptors (Lipinski definition) is 2. The van der Waals surface area contributed by atoms with Crippen LogP contribution >= 0.6 is 0 Å². The Kier molecular flexibility index (Phi) is 3.85. The van der Waals surface area contributed by atoms with Gasteiger partial charge in [-0.3, -0.25) is 4.90 Å². The lowest BCUT2D eigenvalue weighted by Gasteiger charge is -2.29. The van der Waals surface area contributed by atoms with E-state index in [1.54, 1.807) is 12.1 Å². The highest BCUT2D eigenvalue weighted by Gasteiger charge is 2.34. The Morgan fingerprint density at radius 3 is 2.63 bits per heavy atom. The molecule has 1 aromatic carbocycles. The van der Waals surface area contributed by atoms with Gasteiger partial charge in [0, 0.05) is 25.2 Å². The van der Waals surface area contributed by atoms with Crippen molar-refractivity contribution < 1.29 is 4.39 Å². The Morgan fingerprint density at radius 2 is 1.95 bits per heavy atom. The Morgan fingerprint density at radius 1 is 1.21 bits per heavy atom. The summed E-state index contributed by atoms with van der Waals surface area (Å²) in [7, 11) is 0. The predicted octanol–water partition coefficient (Wildman–Crippen LogP) is 2.79. The van der Waals surface area contributed by atoms with Crippen LogP contribution in [-0.4, -0.2) is 30.1 Å². The minimum Gasteiger partial charge on any atom is -0.312 e. The molecule has 0 bridgehead atoms. The SMILES string of the molecule is CC1CCNC(C2CC2)CN1Cc1ccc(F)cc1. The van der Waals surface area contributed by atoms with Crippen molar-refractivity contribution >= 4 is 0 Å². The molecule has 1 saturated carbocycles. The summed E-state index contributed by atoms with van der Waals surface area (Å²) in [5, 5.41) is 3.70. The molecule has 1 aliphatic heterocycles. The number of nitrogens with one attached hydrogen (secondary N) is 1. The fraction of sp³-hybridized carbons (Fsp3) is 0.625. The number of benzene rings is 1. The molecule has 19 heavy (non-hydrogen) atoms. The summed E-state index contributed by atoms with van der Waals surface area (Å²) in [5.41, 5.74) is 1.21. The van der Waals surface area contributed by atoms with Gasteiger partial charge < -0.3 is 5.32 Å². The standard InChI is InChI=1S/C16H23FN2/c1-12-8-9-18-16(14-4-5-14)11-19(12)10-13-2-6-15(17)7-3-13/h2-3,6-7,12,14,16,18H,4-5,8-11H2,1H3. The van der Waals surface area contributed by atoms with Crippen molar-refractivity contribution in [3.8, 4) is 0 Å². The smallest absolute Gasteiger partial charge is 0.123 e. The van der Waals surface area contributed by atoms with Crippen molar-refractivity contribution in [3.63, 3.8) is 0 Å². The summed E-state index contributed by atoms with van der Waals surface area (Å²) in [4.78, 5) is 2.55. The van der Waals surface area contributed by atoms with E-state index in [-0.39, 0.29) is 5.82 Å². The lowest BCUT2D eigenvalue weighted by atomic mass is 10.1. The van der Waals surface area contributed by atoms with Gasteiger partial charge in [-0.15, -0.1) is 0 Å². The van der Waals surface area contributed by atoms with Crippen LogP contribution in [0.4, 0.5) is 4.39 Å². The van der Waals surface area contributed by atoms with Gasteiger partial charge in [-0.25, -0.2) is 4.39 Å². The van der Waals surface area contributed by atoms with E-state index in [4.69, 9.17) is 0 Å². The molecule has 0 spiro atoms. The average Bonchev–Trinajstić information content (AvgIpc) is 3.22. The van der Waals surface area contributed by atoms with Crippen LogP contribution in [0.25, 0.3) is 0 Å². The molecule has 2 fully saturated rings. The summed E-state index contributed by atoms with van der Waals surface area (Å²) in [5.74, 6) is 0.742. The zero-order chi connectivity index (χ0) is 13.2. The van der Waals surface area contributed by atoms with Crippen LogP contribution in [0.1, 0.15) is 31.7 Å². The van der Waals surface area contributed by atoms with Crippen molar-refractivity contribution in [2.24, 2.45) is 5.92 Å². The van der Waals surface area contributed by atoms with E-state index in [1.165, 1.54) is 24.8 Å². The fourth-order valence-electron chi connectivity index (χ4n) is 3.02. The van der Waals surface area contributed by atoms with E-state index < -0.39 is 0 Å². The molecule has 2 unspecified atom stereocenters. The molecule has 0 radical (unpaired) electrons. The molecular formula is C16H23FN2. The minimum atomic E-state index is -0.148. The van der Waals surface area contributed by atoms with E-state index in [2.05, 4.69) is 17.1 Å². The number of nitrogens with zero attached hydrogens (tertiary/aromatic N) is 1. The largest absolute Gasteiger partial charge is 0.312 e. The number of hydrogen-bond donors (Lipinski definition) is 1. The summed E-state index contributed by atoms with van der Waals surface area (Å²) < 4.78 is 13.0. The highest BCUT2D eigenvalue weighted by Crippen LogP contribution is 2.34. The minimum absolute atomic E-state index is 0.148. The van der Waals surface area contributed by atoms with Gasteiger partial charge in [0.15, 0.2) is 0 Å². The number of halogens is 1. The molecule has 2 atom stereocenters. The Hall–Kier alpha value is -0.930. The Bertz CT molecular complexity index is 413. The highest BCUT2D eigenvalue weighted by atomic mass is 19.1. The van der Waals surface area contributed by atoms with Crippen LogP contribution < -0.4 is 5.32 Å². The van der Waals surface area contributed by atoms with Crippen LogP contribution in [0.5, 0.6) is 0 Å². The van der Waals surface area contributed by atoms with E-state index >= 15 is 0 Å². The molecule has 2 aliphatic rings. The molecule has 0 aromatic heterocycles. The third-order valence-electron chi connectivity index (χ3n) is 4.51. The van der Waals surface area contributed by atoms with E-state index in [0.717, 1.165) is 25.6 Å². The van der Waals surface area contributed by atoms with Crippen LogP contribution in [0.2, 0.25) is 0 Å². The van der Waals surface area contributed by atoms with Gasteiger partial charge in [0.05, 0.1) is 0 Å². The third-order valence-corrected chi connectivity index (χ3v) is 4.51. The first kappa shape index (κ1) is 13.1. The molecule has 1 heterocycles. The fourth-order valence-corrected chi connectivity index (χ4v) is 3.02. The maximum atomic E-state index is 13.0. The first-order valence-electron chi connectivity index (χ1n) is 7.44. The molecule has 1 N–H and O–H groups in total. The Balaban J connectivity index is 1.67. The second-order valence-electron chi connectivity index (χ2n) is 6.09. The maximum Gasteiger partial charge on any atom is 0.123 e. The van der Waals surface area contributed by atoms with Gasteiger partial charge in [-0.05, 0) is 56.3 Å². The molecule has 3 rings (SSSR count). The second kappa shape index (κ2) is 5.59. The van der Waals surface area contributed by atoms with E-state index in [0.29, 0.717) is 12.1 Å². The summed E-state index contributed by atoms with van der Waals surface area (Å²) in [6, 6.07) is 8.20. The van der Waals surface area contributed by atoms with Crippen molar-refractivity contribution in [1.82, 2.24) is 10.2 Å². The first-order chi connectivity index (χ1) is 9.22. The number of rotatable bonds is 3. The Labute approximate surface area is 115 Å². The van der Waals surface area contributed by atoms with Gasteiger partial charge in [0.25, 0.3) is 0 Å². The third kappa shape index (κ3) is 3.34.